The van der Waals surface area contributed by atoms with E-state index < -0.39 is 35.0 Å². The van der Waals surface area contributed by atoms with Crippen LogP contribution in [0.1, 0.15) is 101 Å². The molecule has 0 aromatic heterocycles. The Balaban J connectivity index is 3.73. The summed E-state index contributed by atoms with van der Waals surface area (Å²) in [4.78, 5) is 0. The zero-order valence-corrected chi connectivity index (χ0v) is 30.8. The molecule has 0 aliphatic carbocycles. The minimum absolute atomic E-state index is 0.177. The summed E-state index contributed by atoms with van der Waals surface area (Å²) in [5.41, 5.74) is 0. The van der Waals surface area contributed by atoms with Crippen molar-refractivity contribution >= 4 is 38.6 Å². The van der Waals surface area contributed by atoms with Crippen molar-refractivity contribution in [2.45, 2.75) is 150 Å². The first-order valence-corrected chi connectivity index (χ1v) is 27.8. The van der Waals surface area contributed by atoms with Crippen LogP contribution in [0.2, 0.25) is 49.6 Å². The summed E-state index contributed by atoms with van der Waals surface area (Å²) in [5.74, 6) is 2.15. The van der Waals surface area contributed by atoms with Crippen molar-refractivity contribution in [1.82, 2.24) is 0 Å². The normalized spacial score (nSPS) is 13.7. The van der Waals surface area contributed by atoms with E-state index >= 15 is 0 Å². The Hall–Kier alpha value is 0.0525. The van der Waals surface area contributed by atoms with Gasteiger partial charge in [-0.25, -0.2) is 0 Å². The van der Waals surface area contributed by atoms with Crippen molar-refractivity contribution in [2.24, 2.45) is 0 Å². The zero-order valence-electron chi connectivity index (χ0n) is 25.9. The van der Waals surface area contributed by atoms with E-state index in [4.69, 9.17) is 8.85 Å². The average molecular weight is 628 g/mol. The fourth-order valence-electron chi connectivity index (χ4n) is 4.24. The monoisotopic (exact) mass is 628 g/mol. The van der Waals surface area contributed by atoms with E-state index in [1.54, 1.807) is 3.58 Å². The Morgan fingerprint density at radius 1 is 0.600 bits per heavy atom. The molecule has 0 aliphatic rings. The molecule has 204 valence electrons. The Kier molecular flexibility index (Phi) is 12.5. The van der Waals surface area contributed by atoms with E-state index in [-0.39, 0.29) is 10.1 Å². The third kappa shape index (κ3) is 9.39. The molecule has 0 saturated heterocycles. The van der Waals surface area contributed by atoms with Gasteiger partial charge in [0.05, 0.1) is 0 Å². The van der Waals surface area contributed by atoms with Gasteiger partial charge in [0.1, 0.15) is 0 Å². The van der Waals surface area contributed by atoms with E-state index in [1.807, 2.05) is 0 Å². The quantitative estimate of drug-likeness (QED) is 0.191. The van der Waals surface area contributed by atoms with Crippen molar-refractivity contribution in [3.05, 3.63) is 18.2 Å². The molecule has 0 atom stereocenters. The van der Waals surface area contributed by atoms with Gasteiger partial charge in [-0.3, -0.25) is 0 Å². The van der Waals surface area contributed by atoms with Crippen LogP contribution >= 0.6 is 0 Å². The molecule has 0 saturated carbocycles. The predicted molar refractivity (Wildman–Crippen MR) is 167 cm³/mol. The van der Waals surface area contributed by atoms with Crippen LogP contribution < -0.4 is 12.4 Å². The summed E-state index contributed by atoms with van der Waals surface area (Å²) in [5, 5.41) is 0.354. The molecule has 0 fully saturated rings. The second-order valence-corrected chi connectivity index (χ2v) is 36.7. The van der Waals surface area contributed by atoms with Crippen LogP contribution in [-0.2, 0) is 0 Å². The molecule has 0 unspecified atom stereocenters. The Morgan fingerprint density at radius 3 is 1.17 bits per heavy atom. The molecule has 0 N–H and O–H groups in total. The molecule has 35 heavy (non-hydrogen) atoms. The SMILES string of the molecule is CCC[CH2][Sn]([CH2]CCC)([CH2]CCC)[c]1cc(O[Si](C)(C)C(C)(C)C)cc(O[Si](C)(C)C(C)(C)C)c1. The molecular weight excluding hydrogens is 567 g/mol. The Labute approximate surface area is 226 Å². The first-order valence-electron chi connectivity index (χ1n) is 14.5. The van der Waals surface area contributed by atoms with Crippen molar-refractivity contribution in [1.29, 1.82) is 0 Å². The number of hydrogen-bond acceptors (Lipinski definition) is 2. The number of rotatable bonds is 14. The van der Waals surface area contributed by atoms with Crippen LogP contribution in [0.15, 0.2) is 18.2 Å². The maximum atomic E-state index is 6.96. The third-order valence-corrected chi connectivity index (χ3v) is 33.1. The van der Waals surface area contributed by atoms with Gasteiger partial charge in [-0.05, 0) is 0 Å². The number of unbranched alkanes of at least 4 members (excludes halogenated alkanes) is 3. The van der Waals surface area contributed by atoms with E-state index in [0.29, 0.717) is 0 Å². The van der Waals surface area contributed by atoms with Gasteiger partial charge >= 0.3 is 228 Å². The molecule has 0 heterocycles. The van der Waals surface area contributed by atoms with Crippen LogP contribution in [0.4, 0.5) is 0 Å². The molecule has 1 rings (SSSR count). The predicted octanol–water partition coefficient (Wildman–Crippen LogP) is 10.5. The second-order valence-electron chi connectivity index (χ2n) is 14.0. The summed E-state index contributed by atoms with van der Waals surface area (Å²) < 4.78 is 20.0. The molecule has 0 bridgehead atoms. The van der Waals surface area contributed by atoms with Crippen LogP contribution in [0, 0.1) is 0 Å². The molecule has 1 aromatic carbocycles. The number of hydrogen-bond donors (Lipinski definition) is 0. The van der Waals surface area contributed by atoms with Crippen molar-refractivity contribution < 1.29 is 8.85 Å². The molecule has 1 aromatic rings. The minimum atomic E-state index is -2.63. The second kappa shape index (κ2) is 13.2. The van der Waals surface area contributed by atoms with Gasteiger partial charge in [0.2, 0.25) is 0 Å². The van der Waals surface area contributed by atoms with E-state index in [0.717, 1.165) is 11.5 Å². The summed E-state index contributed by atoms with van der Waals surface area (Å²) >= 11 is -2.63. The maximum absolute atomic E-state index is 6.96. The molecule has 0 aliphatic heterocycles. The van der Waals surface area contributed by atoms with Crippen molar-refractivity contribution in [3.63, 3.8) is 0 Å². The summed E-state index contributed by atoms with van der Waals surface area (Å²) in [7, 11) is -3.89. The molecule has 0 radical (unpaired) electrons. The van der Waals surface area contributed by atoms with Crippen LogP contribution in [0.5, 0.6) is 11.5 Å². The summed E-state index contributed by atoms with van der Waals surface area (Å²) in [6.07, 6.45) is 8.00. The molecular formula is C30H60O2Si2Sn. The molecule has 0 spiro atoms. The van der Waals surface area contributed by atoms with E-state index in [9.17, 15) is 0 Å². The van der Waals surface area contributed by atoms with Crippen molar-refractivity contribution in [3.8, 4) is 11.5 Å². The summed E-state index contributed by atoms with van der Waals surface area (Å²) in [6, 6.07) is 7.23. The standard InChI is InChI=1S/C18H33O2Si2.3C4H9.Sn/c1-17(2,3)21(7,8)19-15-12-11-13-16(14-15)20-22(9,10)18(4,5)6;3*1-3-4-2;/h12-14H,1-10H3;3*1,3-4H2,2H3;. The van der Waals surface area contributed by atoms with Crippen LogP contribution in [0.3, 0.4) is 0 Å². The van der Waals surface area contributed by atoms with Gasteiger partial charge in [0, 0.05) is 0 Å². The van der Waals surface area contributed by atoms with Gasteiger partial charge in [0.15, 0.2) is 0 Å². The molecule has 0 amide bonds. The fraction of sp³-hybridized carbons (Fsp3) is 0.800. The van der Waals surface area contributed by atoms with Crippen molar-refractivity contribution in [2.75, 3.05) is 0 Å². The summed E-state index contributed by atoms with van der Waals surface area (Å²) in [6.45, 7) is 30.6. The first kappa shape index (κ1) is 33.1. The van der Waals surface area contributed by atoms with Gasteiger partial charge in [0.25, 0.3) is 0 Å². The zero-order chi connectivity index (χ0) is 27.1. The molecule has 2 nitrogen and oxygen atoms in total. The Morgan fingerprint density at radius 2 is 0.914 bits per heavy atom. The van der Waals surface area contributed by atoms with E-state index in [2.05, 4.69) is 107 Å². The third-order valence-electron chi connectivity index (χ3n) is 8.88. The van der Waals surface area contributed by atoms with Crippen LogP contribution in [0.25, 0.3) is 0 Å². The van der Waals surface area contributed by atoms with Gasteiger partial charge in [-0.2, -0.15) is 0 Å². The number of benzene rings is 1. The first-order chi connectivity index (χ1) is 15.9. The van der Waals surface area contributed by atoms with Gasteiger partial charge in [-0.15, -0.1) is 0 Å². The topological polar surface area (TPSA) is 18.5 Å². The van der Waals surface area contributed by atoms with E-state index in [1.165, 1.54) is 51.8 Å². The Bertz CT molecular complexity index is 708. The fourth-order valence-corrected chi connectivity index (χ4v) is 22.3. The average Bonchev–Trinajstić information content (AvgIpc) is 2.71. The van der Waals surface area contributed by atoms with Gasteiger partial charge < -0.3 is 0 Å². The van der Waals surface area contributed by atoms with Gasteiger partial charge in [-0.1, -0.05) is 0 Å². The molecule has 5 heteroatoms. The van der Waals surface area contributed by atoms with Crippen LogP contribution in [-0.4, -0.2) is 35.0 Å².